The lowest BCUT2D eigenvalue weighted by Gasteiger charge is -2.12. The van der Waals surface area contributed by atoms with Crippen molar-refractivity contribution in [3.8, 4) is 11.8 Å². The van der Waals surface area contributed by atoms with Gasteiger partial charge in [0, 0.05) is 14.7 Å². The number of hydrogen-bond acceptors (Lipinski definition) is 2. The largest absolute Gasteiger partial charge is 0.492 e. The van der Waals surface area contributed by atoms with Crippen LogP contribution in [0.1, 0.15) is 18.1 Å². The number of rotatable bonds is 4. The standard InChI is InChI=1S/C21H15I2NO/c1-2-25-21-15(11-17(22)12-20(21)23)10-16(13-24)19-9-5-7-14-6-3-4-8-18(14)19/h3-12H,2H2,1H3/b16-10-. The molecule has 0 heterocycles. The number of fused-ring (bicyclic) bond motifs is 1. The molecule has 3 rings (SSSR count). The summed E-state index contributed by atoms with van der Waals surface area (Å²) in [5, 5.41) is 12.0. The van der Waals surface area contributed by atoms with Gasteiger partial charge in [-0.3, -0.25) is 0 Å². The molecular weight excluding hydrogens is 536 g/mol. The molecule has 0 aliphatic rings. The molecule has 4 heteroatoms. The number of halogens is 2. The molecular formula is C21H15I2NO. The van der Waals surface area contributed by atoms with Crippen molar-refractivity contribution in [1.82, 2.24) is 0 Å². The highest BCUT2D eigenvalue weighted by Crippen LogP contribution is 2.33. The molecule has 2 nitrogen and oxygen atoms in total. The quantitative estimate of drug-likeness (QED) is 0.211. The number of ether oxygens (including phenoxy) is 1. The zero-order chi connectivity index (χ0) is 17.8. The van der Waals surface area contributed by atoms with Gasteiger partial charge in [-0.25, -0.2) is 0 Å². The van der Waals surface area contributed by atoms with Crippen molar-refractivity contribution in [2.45, 2.75) is 6.92 Å². The van der Waals surface area contributed by atoms with Crippen molar-refractivity contribution in [3.05, 3.63) is 72.9 Å². The van der Waals surface area contributed by atoms with Crippen molar-refractivity contribution >= 4 is 67.6 Å². The minimum Gasteiger partial charge on any atom is -0.492 e. The summed E-state index contributed by atoms with van der Waals surface area (Å²) in [5.74, 6) is 0.830. The molecule has 0 aliphatic carbocycles. The van der Waals surface area contributed by atoms with E-state index in [-0.39, 0.29) is 0 Å². The van der Waals surface area contributed by atoms with Gasteiger partial charge in [-0.2, -0.15) is 5.26 Å². The molecule has 0 amide bonds. The Morgan fingerprint density at radius 3 is 2.64 bits per heavy atom. The Labute approximate surface area is 174 Å². The molecule has 0 unspecified atom stereocenters. The van der Waals surface area contributed by atoms with E-state index in [4.69, 9.17) is 4.74 Å². The van der Waals surface area contributed by atoms with Crippen LogP contribution in [0.2, 0.25) is 0 Å². The molecule has 0 aromatic heterocycles. The van der Waals surface area contributed by atoms with Crippen molar-refractivity contribution in [1.29, 1.82) is 5.26 Å². The molecule has 0 bridgehead atoms. The maximum absolute atomic E-state index is 9.80. The topological polar surface area (TPSA) is 33.0 Å². The van der Waals surface area contributed by atoms with Crippen LogP contribution in [0, 0.1) is 18.5 Å². The molecule has 25 heavy (non-hydrogen) atoms. The lowest BCUT2D eigenvalue weighted by Crippen LogP contribution is -1.98. The Bertz CT molecular complexity index is 997. The summed E-state index contributed by atoms with van der Waals surface area (Å²) >= 11 is 4.57. The highest BCUT2D eigenvalue weighted by atomic mass is 127. The smallest absolute Gasteiger partial charge is 0.139 e. The summed E-state index contributed by atoms with van der Waals surface area (Å²) in [6.45, 7) is 2.56. The summed E-state index contributed by atoms with van der Waals surface area (Å²) in [5.41, 5.74) is 2.51. The third-order valence-electron chi connectivity index (χ3n) is 3.83. The fourth-order valence-corrected chi connectivity index (χ4v) is 4.82. The van der Waals surface area contributed by atoms with Gasteiger partial charge in [0.1, 0.15) is 5.75 Å². The average Bonchev–Trinajstić information content (AvgIpc) is 2.62. The van der Waals surface area contributed by atoms with Crippen molar-refractivity contribution in [2.75, 3.05) is 6.61 Å². The van der Waals surface area contributed by atoms with Crippen molar-refractivity contribution in [3.63, 3.8) is 0 Å². The number of benzene rings is 3. The van der Waals surface area contributed by atoms with Gasteiger partial charge in [0.25, 0.3) is 0 Å². The summed E-state index contributed by atoms with van der Waals surface area (Å²) in [4.78, 5) is 0. The summed E-state index contributed by atoms with van der Waals surface area (Å²) in [7, 11) is 0. The predicted octanol–water partition coefficient (Wildman–Crippen LogP) is 6.51. The highest BCUT2D eigenvalue weighted by molar-refractivity contribution is 14.1. The fraction of sp³-hybridized carbons (Fsp3) is 0.0952. The van der Waals surface area contributed by atoms with Gasteiger partial charge in [0.05, 0.1) is 21.8 Å². The van der Waals surface area contributed by atoms with Crippen molar-refractivity contribution in [2.24, 2.45) is 0 Å². The van der Waals surface area contributed by atoms with Gasteiger partial charge >= 0.3 is 0 Å². The Kier molecular flexibility index (Phi) is 5.97. The van der Waals surface area contributed by atoms with Gasteiger partial charge in [0.15, 0.2) is 0 Å². The molecule has 0 aliphatic heterocycles. The molecule has 3 aromatic carbocycles. The second kappa shape index (κ2) is 8.19. The zero-order valence-corrected chi connectivity index (χ0v) is 17.9. The number of nitriles is 1. The van der Waals surface area contributed by atoms with Crippen LogP contribution in [0.3, 0.4) is 0 Å². The second-order valence-electron chi connectivity index (χ2n) is 5.44. The predicted molar refractivity (Wildman–Crippen MR) is 120 cm³/mol. The van der Waals surface area contributed by atoms with Crippen LogP contribution in [-0.2, 0) is 0 Å². The molecule has 0 spiro atoms. The Hall–Kier alpha value is -1.59. The average molecular weight is 551 g/mol. The summed E-state index contributed by atoms with van der Waals surface area (Å²) in [6.07, 6.45) is 1.93. The van der Waals surface area contributed by atoms with E-state index in [0.717, 1.165) is 34.8 Å². The van der Waals surface area contributed by atoms with Crippen LogP contribution in [-0.4, -0.2) is 6.61 Å². The highest BCUT2D eigenvalue weighted by Gasteiger charge is 2.11. The monoisotopic (exact) mass is 551 g/mol. The van der Waals surface area contributed by atoms with Gasteiger partial charge in [-0.05, 0) is 81.1 Å². The first-order valence-electron chi connectivity index (χ1n) is 7.85. The van der Waals surface area contributed by atoms with E-state index >= 15 is 0 Å². The molecule has 0 saturated heterocycles. The number of allylic oxidation sites excluding steroid dienone is 1. The maximum atomic E-state index is 9.80. The van der Waals surface area contributed by atoms with Crippen LogP contribution < -0.4 is 4.74 Å². The zero-order valence-electron chi connectivity index (χ0n) is 13.6. The molecule has 0 atom stereocenters. The van der Waals surface area contributed by atoms with E-state index < -0.39 is 0 Å². The second-order valence-corrected chi connectivity index (χ2v) is 7.84. The SMILES string of the molecule is CCOc1c(I)cc(I)cc1/C=C(/C#N)c1cccc2ccccc12. The molecule has 0 N–H and O–H groups in total. The van der Waals surface area contributed by atoms with E-state index in [1.54, 1.807) is 0 Å². The van der Waals surface area contributed by atoms with Crippen LogP contribution in [0.4, 0.5) is 0 Å². The van der Waals surface area contributed by atoms with E-state index in [2.05, 4.69) is 81.6 Å². The van der Waals surface area contributed by atoms with Crippen LogP contribution in [0.5, 0.6) is 5.75 Å². The third-order valence-corrected chi connectivity index (χ3v) is 5.25. The first-order valence-corrected chi connectivity index (χ1v) is 10.0. The minimum atomic E-state index is 0.591. The van der Waals surface area contributed by atoms with E-state index in [1.807, 2.05) is 37.3 Å². The van der Waals surface area contributed by atoms with Gasteiger partial charge in [-0.1, -0.05) is 42.5 Å². The van der Waals surface area contributed by atoms with E-state index in [1.165, 1.54) is 0 Å². The van der Waals surface area contributed by atoms with Gasteiger partial charge in [-0.15, -0.1) is 0 Å². The van der Waals surface area contributed by atoms with Crippen LogP contribution in [0.25, 0.3) is 22.4 Å². The van der Waals surface area contributed by atoms with Gasteiger partial charge < -0.3 is 4.74 Å². The number of hydrogen-bond donors (Lipinski definition) is 0. The fourth-order valence-electron chi connectivity index (χ4n) is 2.77. The maximum Gasteiger partial charge on any atom is 0.139 e. The molecule has 124 valence electrons. The van der Waals surface area contributed by atoms with E-state index in [9.17, 15) is 5.26 Å². The summed E-state index contributed by atoms with van der Waals surface area (Å²) in [6, 6.07) is 20.7. The lowest BCUT2D eigenvalue weighted by molar-refractivity contribution is 0.337. The van der Waals surface area contributed by atoms with Gasteiger partial charge in [0.2, 0.25) is 0 Å². The Morgan fingerprint density at radius 1 is 1.12 bits per heavy atom. The molecule has 0 radical (unpaired) electrons. The number of nitrogens with zero attached hydrogens (tertiary/aromatic N) is 1. The van der Waals surface area contributed by atoms with Crippen molar-refractivity contribution < 1.29 is 4.74 Å². The van der Waals surface area contributed by atoms with Crippen LogP contribution >= 0.6 is 45.2 Å². The van der Waals surface area contributed by atoms with E-state index in [0.29, 0.717) is 12.2 Å². The molecule has 0 saturated carbocycles. The lowest BCUT2D eigenvalue weighted by atomic mass is 9.97. The van der Waals surface area contributed by atoms with Crippen LogP contribution in [0.15, 0.2) is 54.6 Å². The third kappa shape index (κ3) is 3.98. The molecule has 0 fully saturated rings. The Balaban J connectivity index is 2.21. The first-order chi connectivity index (χ1) is 12.1. The normalized spacial score (nSPS) is 11.4. The first kappa shape index (κ1) is 18.2. The molecule has 3 aromatic rings. The Morgan fingerprint density at radius 2 is 1.88 bits per heavy atom. The summed E-state index contributed by atoms with van der Waals surface area (Å²) < 4.78 is 7.99. The minimum absolute atomic E-state index is 0.591.